The molecular weight excluding hydrogens is 268 g/mol. The van der Waals surface area contributed by atoms with E-state index in [1.54, 1.807) is 7.11 Å². The zero-order valence-corrected chi connectivity index (χ0v) is 12.1. The molecule has 1 fully saturated rings. The summed E-state index contributed by atoms with van der Waals surface area (Å²) in [6, 6.07) is 11.7. The number of hydrogen-bond acceptors (Lipinski definition) is 5. The molecule has 1 atom stereocenters. The molecule has 112 valence electrons. The van der Waals surface area contributed by atoms with Gasteiger partial charge in [0.05, 0.1) is 11.8 Å². The molecule has 5 heteroatoms. The average molecular weight is 288 g/mol. The Morgan fingerprint density at radius 3 is 2.86 bits per heavy atom. The monoisotopic (exact) mass is 288 g/mol. The van der Waals surface area contributed by atoms with Gasteiger partial charge in [-0.1, -0.05) is 35.5 Å². The highest BCUT2D eigenvalue weighted by atomic mass is 16.5. The molecule has 0 spiro atoms. The second-order valence-electron chi connectivity index (χ2n) is 5.49. The van der Waals surface area contributed by atoms with E-state index >= 15 is 0 Å². The van der Waals surface area contributed by atoms with E-state index < -0.39 is 6.10 Å². The van der Waals surface area contributed by atoms with Gasteiger partial charge in [-0.3, -0.25) is 4.90 Å². The van der Waals surface area contributed by atoms with Crippen LogP contribution in [0.1, 0.15) is 29.0 Å². The van der Waals surface area contributed by atoms with Gasteiger partial charge in [-0.2, -0.15) is 0 Å². The Morgan fingerprint density at radius 2 is 2.14 bits per heavy atom. The zero-order valence-electron chi connectivity index (χ0n) is 12.1. The number of rotatable bonds is 6. The summed E-state index contributed by atoms with van der Waals surface area (Å²) in [5, 5.41) is 14.3. The van der Waals surface area contributed by atoms with Crippen molar-refractivity contribution in [1.29, 1.82) is 0 Å². The number of likely N-dealkylation sites (tertiary alicyclic amines) is 1. The summed E-state index contributed by atoms with van der Waals surface area (Å²) in [4.78, 5) is 2.23. The maximum absolute atomic E-state index is 10.2. The van der Waals surface area contributed by atoms with Crippen LogP contribution >= 0.6 is 0 Å². The minimum Gasteiger partial charge on any atom is -0.387 e. The second-order valence-corrected chi connectivity index (χ2v) is 5.49. The first kappa shape index (κ1) is 14.3. The maximum Gasteiger partial charge on any atom is 0.162 e. The molecule has 1 aliphatic heterocycles. The molecule has 1 aromatic heterocycles. The van der Waals surface area contributed by atoms with Gasteiger partial charge in [-0.25, -0.2) is 0 Å². The lowest BCUT2D eigenvalue weighted by Gasteiger charge is -2.39. The smallest absolute Gasteiger partial charge is 0.162 e. The summed E-state index contributed by atoms with van der Waals surface area (Å²) >= 11 is 0. The predicted molar refractivity (Wildman–Crippen MR) is 77.8 cm³/mol. The Labute approximate surface area is 124 Å². The maximum atomic E-state index is 10.2. The highest BCUT2D eigenvalue weighted by Gasteiger charge is 2.31. The molecule has 0 radical (unpaired) electrons. The lowest BCUT2D eigenvalue weighted by Crippen LogP contribution is -2.46. The molecular formula is C16H20N2O3. The quantitative estimate of drug-likeness (QED) is 0.880. The van der Waals surface area contributed by atoms with Crippen molar-refractivity contribution in [3.63, 3.8) is 0 Å². The number of aliphatic hydroxyl groups excluding tert-OH is 1. The van der Waals surface area contributed by atoms with E-state index in [9.17, 15) is 5.11 Å². The molecule has 1 N–H and O–H groups in total. The normalized spacial score (nSPS) is 17.6. The number of methoxy groups -OCH3 is 1. The molecule has 0 bridgehead atoms. The lowest BCUT2D eigenvalue weighted by molar-refractivity contribution is 0.0626. The minimum atomic E-state index is -0.437. The number of aliphatic hydroxyl groups is 1. The van der Waals surface area contributed by atoms with Crippen molar-refractivity contribution in [1.82, 2.24) is 10.1 Å². The van der Waals surface area contributed by atoms with Crippen LogP contribution in [0.25, 0.3) is 0 Å². The topological polar surface area (TPSA) is 58.7 Å². The molecule has 0 saturated carbocycles. The van der Waals surface area contributed by atoms with Crippen LogP contribution in [0, 0.1) is 0 Å². The number of β-amino-alcohol motifs (C(OH)–C–C–N with tert-alkyl or cyclic N) is 1. The Bertz CT molecular complexity index is 564. The summed E-state index contributed by atoms with van der Waals surface area (Å²) in [5.41, 5.74) is 1.94. The van der Waals surface area contributed by atoms with Crippen molar-refractivity contribution in [2.45, 2.75) is 18.6 Å². The summed E-state index contributed by atoms with van der Waals surface area (Å²) in [7, 11) is 1.64. The number of nitrogens with zero attached hydrogens (tertiary/aromatic N) is 2. The third-order valence-electron chi connectivity index (χ3n) is 3.85. The first-order chi connectivity index (χ1) is 10.3. The molecule has 2 aromatic rings. The minimum absolute atomic E-state index is 0.391. The molecule has 1 unspecified atom stereocenters. The first-order valence-electron chi connectivity index (χ1n) is 7.16. The van der Waals surface area contributed by atoms with Crippen molar-refractivity contribution < 1.29 is 14.4 Å². The number of ether oxygens (including phenoxy) is 1. The van der Waals surface area contributed by atoms with E-state index in [4.69, 9.17) is 9.26 Å². The van der Waals surface area contributed by atoms with Gasteiger partial charge in [-0.15, -0.1) is 0 Å². The molecule has 1 aliphatic rings. The lowest BCUT2D eigenvalue weighted by atomic mass is 9.95. The molecule has 2 heterocycles. The van der Waals surface area contributed by atoms with Gasteiger partial charge in [0.25, 0.3) is 0 Å². The van der Waals surface area contributed by atoms with Crippen molar-refractivity contribution in [2.75, 3.05) is 26.7 Å². The SMILES string of the molecule is COCc1cc(C2CN(CC(O)c3ccccc3)C2)no1. The van der Waals surface area contributed by atoms with Crippen LogP contribution in [-0.4, -0.2) is 41.9 Å². The van der Waals surface area contributed by atoms with E-state index in [-0.39, 0.29) is 0 Å². The third kappa shape index (κ3) is 3.32. The van der Waals surface area contributed by atoms with Gasteiger partial charge in [0.15, 0.2) is 5.76 Å². The summed E-state index contributed by atoms with van der Waals surface area (Å²) in [6.07, 6.45) is -0.437. The van der Waals surface area contributed by atoms with Crippen LogP contribution < -0.4 is 0 Å². The summed E-state index contributed by atoms with van der Waals surface area (Å²) < 4.78 is 10.2. The molecule has 1 aromatic carbocycles. The van der Waals surface area contributed by atoms with E-state index in [0.717, 1.165) is 30.1 Å². The molecule has 1 saturated heterocycles. The molecule has 3 rings (SSSR count). The van der Waals surface area contributed by atoms with Gasteiger partial charge in [0.2, 0.25) is 0 Å². The van der Waals surface area contributed by atoms with Crippen molar-refractivity contribution in [2.24, 2.45) is 0 Å². The highest BCUT2D eigenvalue weighted by molar-refractivity contribution is 5.19. The van der Waals surface area contributed by atoms with Gasteiger partial charge in [0, 0.05) is 38.7 Å². The fraction of sp³-hybridized carbons (Fsp3) is 0.438. The van der Waals surface area contributed by atoms with Gasteiger partial charge in [-0.05, 0) is 5.56 Å². The molecule has 0 aliphatic carbocycles. The first-order valence-corrected chi connectivity index (χ1v) is 7.16. The Balaban J connectivity index is 1.49. The van der Waals surface area contributed by atoms with E-state index in [0.29, 0.717) is 19.1 Å². The van der Waals surface area contributed by atoms with E-state index in [1.165, 1.54) is 0 Å². The van der Waals surface area contributed by atoms with Gasteiger partial charge >= 0.3 is 0 Å². The van der Waals surface area contributed by atoms with Crippen LogP contribution in [0.3, 0.4) is 0 Å². The Hall–Kier alpha value is -1.69. The standard InChI is InChI=1S/C16H20N2O3/c1-20-11-14-7-15(17-21-14)13-8-18(9-13)10-16(19)12-5-3-2-4-6-12/h2-7,13,16,19H,8-11H2,1H3. The Kier molecular flexibility index (Phi) is 4.34. The summed E-state index contributed by atoms with van der Waals surface area (Å²) in [5.74, 6) is 1.15. The largest absolute Gasteiger partial charge is 0.387 e. The highest BCUT2D eigenvalue weighted by Crippen LogP contribution is 2.28. The molecule has 21 heavy (non-hydrogen) atoms. The van der Waals surface area contributed by atoms with Gasteiger partial charge < -0.3 is 14.4 Å². The van der Waals surface area contributed by atoms with Crippen molar-refractivity contribution in [3.05, 3.63) is 53.4 Å². The fourth-order valence-corrected chi connectivity index (χ4v) is 2.66. The number of benzene rings is 1. The average Bonchev–Trinajstić information content (AvgIpc) is 2.91. The van der Waals surface area contributed by atoms with Crippen LogP contribution in [0.4, 0.5) is 0 Å². The number of aromatic nitrogens is 1. The van der Waals surface area contributed by atoms with Gasteiger partial charge in [0.1, 0.15) is 6.61 Å². The molecule has 5 nitrogen and oxygen atoms in total. The van der Waals surface area contributed by atoms with Crippen LogP contribution in [0.2, 0.25) is 0 Å². The number of hydrogen-bond donors (Lipinski definition) is 1. The molecule has 0 amide bonds. The predicted octanol–water partition coefficient (Wildman–Crippen LogP) is 1.95. The summed E-state index contributed by atoms with van der Waals surface area (Å²) in [6.45, 7) is 2.92. The third-order valence-corrected chi connectivity index (χ3v) is 3.85. The van der Waals surface area contributed by atoms with Crippen molar-refractivity contribution in [3.8, 4) is 0 Å². The van der Waals surface area contributed by atoms with Crippen LogP contribution in [0.15, 0.2) is 40.9 Å². The van der Waals surface area contributed by atoms with Crippen LogP contribution in [-0.2, 0) is 11.3 Å². The van der Waals surface area contributed by atoms with Crippen LogP contribution in [0.5, 0.6) is 0 Å². The van der Waals surface area contributed by atoms with E-state index in [1.807, 2.05) is 36.4 Å². The Morgan fingerprint density at radius 1 is 1.38 bits per heavy atom. The second kappa shape index (κ2) is 6.39. The zero-order chi connectivity index (χ0) is 14.7. The fourth-order valence-electron chi connectivity index (χ4n) is 2.66. The van der Waals surface area contributed by atoms with E-state index in [2.05, 4.69) is 10.1 Å². The van der Waals surface area contributed by atoms with Crippen molar-refractivity contribution >= 4 is 0 Å².